The third-order valence-corrected chi connectivity index (χ3v) is 5.24. The van der Waals surface area contributed by atoms with Crippen LogP contribution in [0.15, 0.2) is 109 Å². The summed E-state index contributed by atoms with van der Waals surface area (Å²) in [5.41, 5.74) is 7.47. The van der Waals surface area contributed by atoms with Gasteiger partial charge in [-0.1, -0.05) is 93.6 Å². The predicted octanol–water partition coefficient (Wildman–Crippen LogP) is 8.12. The lowest BCUT2D eigenvalue weighted by Gasteiger charge is -2.25. The highest BCUT2D eigenvalue weighted by Crippen LogP contribution is 2.35. The molecule has 0 aliphatic rings. The normalized spacial score (nSPS) is 11.3. The molecule has 0 fully saturated rings. The number of hydrogen-bond acceptors (Lipinski definition) is 1. The first-order valence-corrected chi connectivity index (χ1v) is 10.1. The van der Waals surface area contributed by atoms with E-state index in [0.717, 1.165) is 17.1 Å². The Hall–Kier alpha value is -3.32. The molecule has 144 valence electrons. The van der Waals surface area contributed by atoms with Crippen LogP contribution in [0.4, 0.5) is 17.1 Å². The summed E-state index contributed by atoms with van der Waals surface area (Å²) in [6.45, 7) is 6.75. The first kappa shape index (κ1) is 19.0. The van der Waals surface area contributed by atoms with Gasteiger partial charge in [0.2, 0.25) is 0 Å². The topological polar surface area (TPSA) is 3.24 Å². The van der Waals surface area contributed by atoms with Gasteiger partial charge in [-0.15, -0.1) is 0 Å². The van der Waals surface area contributed by atoms with E-state index < -0.39 is 0 Å². The van der Waals surface area contributed by atoms with Gasteiger partial charge in [-0.25, -0.2) is 0 Å². The van der Waals surface area contributed by atoms with Gasteiger partial charge in [-0.2, -0.15) is 0 Å². The quantitative estimate of drug-likeness (QED) is 0.347. The first-order valence-electron chi connectivity index (χ1n) is 10.1. The fraction of sp³-hybridized carbons (Fsp3) is 0.143. The van der Waals surface area contributed by atoms with Gasteiger partial charge in [-0.3, -0.25) is 0 Å². The van der Waals surface area contributed by atoms with Crippen LogP contribution in [0.3, 0.4) is 0 Å². The second-order valence-corrected chi connectivity index (χ2v) is 8.38. The lowest BCUT2D eigenvalue weighted by Crippen LogP contribution is -2.10. The number of nitrogens with zero attached hydrogens (tertiary/aromatic N) is 1. The second-order valence-electron chi connectivity index (χ2n) is 8.38. The highest BCUT2D eigenvalue weighted by atomic mass is 15.1. The minimum Gasteiger partial charge on any atom is -0.311 e. The van der Waals surface area contributed by atoms with Crippen molar-refractivity contribution in [1.29, 1.82) is 0 Å². The zero-order chi connectivity index (χ0) is 20.3. The summed E-state index contributed by atoms with van der Waals surface area (Å²) in [6.07, 6.45) is 0. The maximum atomic E-state index is 2.28. The van der Waals surface area contributed by atoms with Crippen LogP contribution < -0.4 is 4.90 Å². The van der Waals surface area contributed by atoms with Crippen molar-refractivity contribution < 1.29 is 0 Å². The first-order chi connectivity index (χ1) is 14.0. The van der Waals surface area contributed by atoms with E-state index in [0.29, 0.717) is 0 Å². The van der Waals surface area contributed by atoms with Crippen molar-refractivity contribution in [1.82, 2.24) is 0 Å². The Morgan fingerprint density at radius 2 is 0.828 bits per heavy atom. The SMILES string of the molecule is CC(C)(C)c1ccc(-c2ccc(N(c3ccccc3)c3ccccc3)cc2)cc1. The van der Waals surface area contributed by atoms with Gasteiger partial charge in [-0.05, 0) is 58.5 Å². The van der Waals surface area contributed by atoms with Crippen molar-refractivity contribution in [2.75, 3.05) is 4.90 Å². The molecule has 29 heavy (non-hydrogen) atoms. The van der Waals surface area contributed by atoms with Gasteiger partial charge in [0.25, 0.3) is 0 Å². The number of benzene rings is 4. The van der Waals surface area contributed by atoms with E-state index in [1.165, 1.54) is 16.7 Å². The molecule has 4 rings (SSSR count). The van der Waals surface area contributed by atoms with E-state index in [-0.39, 0.29) is 5.41 Å². The number of hydrogen-bond donors (Lipinski definition) is 0. The van der Waals surface area contributed by atoms with E-state index in [9.17, 15) is 0 Å². The molecule has 0 saturated carbocycles. The van der Waals surface area contributed by atoms with E-state index in [1.807, 2.05) is 0 Å². The Kier molecular flexibility index (Phi) is 5.22. The number of para-hydroxylation sites is 2. The second kappa shape index (κ2) is 7.97. The molecule has 1 heteroatoms. The van der Waals surface area contributed by atoms with Crippen LogP contribution >= 0.6 is 0 Å². The zero-order valence-corrected chi connectivity index (χ0v) is 17.3. The fourth-order valence-corrected chi connectivity index (χ4v) is 3.57. The van der Waals surface area contributed by atoms with Crippen LogP contribution in [0.2, 0.25) is 0 Å². The Morgan fingerprint density at radius 1 is 0.448 bits per heavy atom. The maximum absolute atomic E-state index is 2.28. The molecule has 0 amide bonds. The van der Waals surface area contributed by atoms with Crippen molar-refractivity contribution in [2.45, 2.75) is 26.2 Å². The minimum absolute atomic E-state index is 0.175. The standard InChI is InChI=1S/C28H27N/c1-28(2,3)24-18-14-22(15-19-24)23-16-20-27(21-17-23)29(25-10-6-4-7-11-25)26-12-8-5-9-13-26/h4-21H,1-3H3. The van der Waals surface area contributed by atoms with E-state index >= 15 is 0 Å². The highest BCUT2D eigenvalue weighted by Gasteiger charge is 2.14. The summed E-state index contributed by atoms with van der Waals surface area (Å²) in [4.78, 5) is 2.28. The van der Waals surface area contributed by atoms with Crippen LogP contribution in [-0.2, 0) is 5.41 Å². The molecule has 0 unspecified atom stereocenters. The van der Waals surface area contributed by atoms with Gasteiger partial charge in [0.05, 0.1) is 0 Å². The van der Waals surface area contributed by atoms with Crippen LogP contribution in [0.1, 0.15) is 26.3 Å². The van der Waals surface area contributed by atoms with Crippen LogP contribution in [0.5, 0.6) is 0 Å². The minimum atomic E-state index is 0.175. The van der Waals surface area contributed by atoms with Gasteiger partial charge in [0.15, 0.2) is 0 Å². The van der Waals surface area contributed by atoms with Crippen molar-refractivity contribution in [3.63, 3.8) is 0 Å². The van der Waals surface area contributed by atoms with Crippen LogP contribution in [-0.4, -0.2) is 0 Å². The average Bonchev–Trinajstić information content (AvgIpc) is 2.76. The molecule has 0 bridgehead atoms. The predicted molar refractivity (Wildman–Crippen MR) is 125 cm³/mol. The van der Waals surface area contributed by atoms with E-state index in [4.69, 9.17) is 0 Å². The molecule has 0 N–H and O–H groups in total. The molecular weight excluding hydrogens is 350 g/mol. The summed E-state index contributed by atoms with van der Waals surface area (Å²) in [5.74, 6) is 0. The van der Waals surface area contributed by atoms with Gasteiger partial charge < -0.3 is 4.90 Å². The lowest BCUT2D eigenvalue weighted by atomic mass is 9.86. The molecule has 4 aromatic rings. The molecule has 0 spiro atoms. The van der Waals surface area contributed by atoms with Crippen LogP contribution in [0, 0.1) is 0 Å². The summed E-state index contributed by atoms with van der Waals surface area (Å²) in [5, 5.41) is 0. The molecule has 0 saturated heterocycles. The Labute approximate surface area is 174 Å². The number of anilines is 3. The summed E-state index contributed by atoms with van der Waals surface area (Å²) in [6, 6.07) is 38.8. The lowest BCUT2D eigenvalue weighted by molar-refractivity contribution is 0.590. The maximum Gasteiger partial charge on any atom is 0.0462 e. The Morgan fingerprint density at radius 3 is 1.24 bits per heavy atom. The fourth-order valence-electron chi connectivity index (χ4n) is 3.57. The smallest absolute Gasteiger partial charge is 0.0462 e. The zero-order valence-electron chi connectivity index (χ0n) is 17.3. The molecule has 0 radical (unpaired) electrons. The molecule has 0 aromatic heterocycles. The third kappa shape index (κ3) is 4.25. The summed E-state index contributed by atoms with van der Waals surface area (Å²) in [7, 11) is 0. The van der Waals surface area contributed by atoms with Crippen molar-refractivity contribution >= 4 is 17.1 Å². The average molecular weight is 378 g/mol. The summed E-state index contributed by atoms with van der Waals surface area (Å²) < 4.78 is 0. The molecular formula is C28H27N. The van der Waals surface area contributed by atoms with Gasteiger partial charge >= 0.3 is 0 Å². The van der Waals surface area contributed by atoms with Gasteiger partial charge in [0, 0.05) is 17.1 Å². The monoisotopic (exact) mass is 377 g/mol. The molecule has 0 heterocycles. The largest absolute Gasteiger partial charge is 0.311 e. The van der Waals surface area contributed by atoms with E-state index in [1.54, 1.807) is 0 Å². The summed E-state index contributed by atoms with van der Waals surface area (Å²) >= 11 is 0. The van der Waals surface area contributed by atoms with Crippen molar-refractivity contribution in [3.8, 4) is 11.1 Å². The van der Waals surface area contributed by atoms with E-state index in [2.05, 4.69) is 135 Å². The third-order valence-electron chi connectivity index (χ3n) is 5.24. The molecule has 4 aromatic carbocycles. The highest BCUT2D eigenvalue weighted by molar-refractivity contribution is 5.78. The Bertz CT molecular complexity index is 1000. The van der Waals surface area contributed by atoms with Crippen molar-refractivity contribution in [2.24, 2.45) is 0 Å². The molecule has 1 nitrogen and oxygen atoms in total. The number of rotatable bonds is 4. The molecule has 0 aliphatic heterocycles. The van der Waals surface area contributed by atoms with Gasteiger partial charge in [0.1, 0.15) is 0 Å². The molecule has 0 aliphatic carbocycles. The van der Waals surface area contributed by atoms with Crippen molar-refractivity contribution in [3.05, 3.63) is 115 Å². The van der Waals surface area contributed by atoms with Crippen LogP contribution in [0.25, 0.3) is 11.1 Å². The Balaban J connectivity index is 1.68. The molecule has 0 atom stereocenters.